The number of hydrogen-bond acceptors (Lipinski definition) is 4. The van der Waals surface area contributed by atoms with Gasteiger partial charge in [0.2, 0.25) is 0 Å². The topological polar surface area (TPSA) is 32.8 Å². The van der Waals surface area contributed by atoms with Crippen LogP contribution in [0.25, 0.3) is 88.7 Å². The van der Waals surface area contributed by atoms with Crippen LogP contribution in [0.4, 0.5) is 34.1 Å². The lowest BCUT2D eigenvalue weighted by molar-refractivity contribution is 0.590. The van der Waals surface area contributed by atoms with Gasteiger partial charge in [-0.2, -0.15) is 0 Å². The molecule has 4 heterocycles. The van der Waals surface area contributed by atoms with Crippen molar-refractivity contribution in [3.63, 3.8) is 0 Å². The highest BCUT2D eigenvalue weighted by atomic mass is 16.3. The average molecular weight is 1160 g/mol. The van der Waals surface area contributed by atoms with Crippen molar-refractivity contribution in [3.05, 3.63) is 270 Å². The zero-order chi connectivity index (χ0) is 61.5. The highest BCUT2D eigenvalue weighted by Crippen LogP contribution is 2.54. The van der Waals surface area contributed by atoms with Crippen molar-refractivity contribution in [2.45, 2.75) is 97.8 Å². The molecule has 5 heteroatoms. The summed E-state index contributed by atoms with van der Waals surface area (Å²) < 4.78 is 12.8. The Morgan fingerprint density at radius 3 is 1.19 bits per heavy atom. The highest BCUT2D eigenvalue weighted by molar-refractivity contribution is 7.00. The van der Waals surface area contributed by atoms with Crippen LogP contribution in [0, 0.1) is 6.92 Å². The average Bonchev–Trinajstić information content (AvgIpc) is 0.975. The Morgan fingerprint density at radius 1 is 0.344 bits per heavy atom. The molecular formula is C85H71BN2O2. The van der Waals surface area contributed by atoms with Gasteiger partial charge in [-0.1, -0.05) is 203 Å². The number of anilines is 6. The van der Waals surface area contributed by atoms with Crippen molar-refractivity contribution >= 4 is 79.2 Å². The quantitative estimate of drug-likeness (QED) is 0.155. The number of hydrogen-bond donors (Lipinski definition) is 0. The first kappa shape index (κ1) is 54.3. The fourth-order valence-electron chi connectivity index (χ4n) is 15.9. The summed E-state index contributed by atoms with van der Waals surface area (Å²) >= 11 is 0. The fourth-order valence-corrected chi connectivity index (χ4v) is 15.9. The van der Waals surface area contributed by atoms with Crippen molar-refractivity contribution in [2.24, 2.45) is 0 Å². The van der Waals surface area contributed by atoms with E-state index in [1.165, 1.54) is 111 Å². The standard InChI is InChI=1S/C85H71BN2O2/c1-50-36-77-81-78(37-50)88(60-41-54(39-56(43-60)68-49-90-80-27-19-15-23-66(68)80)52-29-33-64-62-21-13-17-25-70(62)85(10,11)72(64)45-52)76-35-31-58(83(5,6)7)47-74(76)86(81)73-46-57(82(2,3)4)30-34-75(73)87(77)59-40-53(38-55(42-59)67-48-89-79-26-18-14-22-65(67)79)51-28-32-63-61-20-12-16-24-69(61)84(8,9)71(63)44-51/h12-49H,1-11H3. The van der Waals surface area contributed by atoms with Gasteiger partial charge in [0.25, 0.3) is 6.71 Å². The lowest BCUT2D eigenvalue weighted by Gasteiger charge is -2.45. The van der Waals surface area contributed by atoms with Gasteiger partial charge in [-0.15, -0.1) is 0 Å². The number of benzene rings is 11. The van der Waals surface area contributed by atoms with Crippen LogP contribution in [0.2, 0.25) is 0 Å². The van der Waals surface area contributed by atoms with Gasteiger partial charge in [0.1, 0.15) is 11.2 Å². The van der Waals surface area contributed by atoms with Crippen LogP contribution in [0.15, 0.2) is 240 Å². The minimum atomic E-state index is -0.165. The van der Waals surface area contributed by atoms with E-state index in [-0.39, 0.29) is 28.4 Å². The molecule has 17 rings (SSSR count). The monoisotopic (exact) mass is 1160 g/mol. The molecule has 0 unspecified atom stereocenters. The minimum absolute atomic E-state index is 0.0974. The zero-order valence-electron chi connectivity index (χ0n) is 53.2. The maximum absolute atomic E-state index is 6.41. The molecule has 0 atom stereocenters. The molecule has 90 heavy (non-hydrogen) atoms. The molecule has 2 aliphatic carbocycles. The number of furan rings is 2. The summed E-state index contributed by atoms with van der Waals surface area (Å²) in [5.41, 5.74) is 35.4. The van der Waals surface area contributed by atoms with Crippen molar-refractivity contribution in [1.29, 1.82) is 0 Å². The summed E-state index contributed by atoms with van der Waals surface area (Å²) in [6, 6.07) is 83.3. The molecule has 0 fully saturated rings. The van der Waals surface area contributed by atoms with Gasteiger partial charge in [-0.05, 0) is 214 Å². The minimum Gasteiger partial charge on any atom is -0.464 e. The second-order valence-electron chi connectivity index (χ2n) is 29.1. The van der Waals surface area contributed by atoms with Gasteiger partial charge in [-0.3, -0.25) is 0 Å². The maximum atomic E-state index is 6.41. The first-order valence-corrected chi connectivity index (χ1v) is 32.0. The maximum Gasteiger partial charge on any atom is 0.252 e. The molecule has 4 nitrogen and oxygen atoms in total. The SMILES string of the molecule is Cc1cc2c3c(c1)N(c1cc(-c4ccc5c(c4)C(C)(C)c4ccccc4-5)cc(-c4coc5ccccc45)c1)c1ccc(C(C)(C)C)cc1B3c1cc(C(C)(C)C)ccc1N2c1cc(-c2ccc3c(c2)C(C)(C)c2ccccc2-3)cc(-c2coc3ccccc23)c1. The van der Waals surface area contributed by atoms with Gasteiger partial charge < -0.3 is 18.6 Å². The first-order valence-electron chi connectivity index (χ1n) is 32.0. The molecule has 0 bridgehead atoms. The molecule has 13 aromatic rings. The van der Waals surface area contributed by atoms with Gasteiger partial charge in [0, 0.05) is 66.9 Å². The molecule has 0 saturated heterocycles. The molecule has 0 amide bonds. The van der Waals surface area contributed by atoms with Crippen molar-refractivity contribution in [3.8, 4) is 66.8 Å². The third kappa shape index (κ3) is 8.07. The van der Waals surface area contributed by atoms with E-state index in [4.69, 9.17) is 8.83 Å². The van der Waals surface area contributed by atoms with E-state index in [1.54, 1.807) is 0 Å². The molecule has 0 saturated carbocycles. The molecule has 0 spiro atoms. The first-order chi connectivity index (χ1) is 43.3. The Labute approximate surface area is 529 Å². The molecule has 2 aromatic heterocycles. The number of rotatable bonds is 6. The van der Waals surface area contributed by atoms with Crippen molar-refractivity contribution < 1.29 is 8.83 Å². The van der Waals surface area contributed by atoms with E-state index >= 15 is 0 Å². The molecule has 0 radical (unpaired) electrons. The Kier molecular flexibility index (Phi) is 11.5. The summed E-state index contributed by atoms with van der Waals surface area (Å²) in [5.74, 6) is 0. The Balaban J connectivity index is 0.934. The van der Waals surface area contributed by atoms with E-state index in [0.29, 0.717) is 0 Å². The molecule has 2 aliphatic heterocycles. The third-order valence-corrected chi connectivity index (χ3v) is 20.7. The largest absolute Gasteiger partial charge is 0.464 e. The summed E-state index contributed by atoms with van der Waals surface area (Å²) in [4.78, 5) is 5.21. The van der Waals surface area contributed by atoms with Crippen LogP contribution < -0.4 is 26.2 Å². The van der Waals surface area contributed by atoms with Gasteiger partial charge in [-0.25, -0.2) is 0 Å². The van der Waals surface area contributed by atoms with Gasteiger partial charge >= 0.3 is 0 Å². The van der Waals surface area contributed by atoms with Gasteiger partial charge in [0.05, 0.1) is 12.5 Å². The summed E-state index contributed by atoms with van der Waals surface area (Å²) in [6.45, 7) is 25.8. The predicted octanol–water partition coefficient (Wildman–Crippen LogP) is 21.4. The number of fused-ring (bicyclic) bond motifs is 12. The lowest BCUT2D eigenvalue weighted by Crippen LogP contribution is -2.61. The van der Waals surface area contributed by atoms with E-state index in [9.17, 15) is 0 Å². The molecule has 4 aliphatic rings. The molecule has 436 valence electrons. The number of aryl methyl sites for hydroxylation is 1. The number of nitrogens with zero attached hydrogens (tertiary/aromatic N) is 2. The normalized spacial score (nSPS) is 14.7. The summed E-state index contributed by atoms with van der Waals surface area (Å²) in [7, 11) is 0. The van der Waals surface area contributed by atoms with Crippen molar-refractivity contribution in [2.75, 3.05) is 9.80 Å². The highest BCUT2D eigenvalue weighted by Gasteiger charge is 2.45. The van der Waals surface area contributed by atoms with Crippen LogP contribution in [0.1, 0.15) is 108 Å². The lowest BCUT2D eigenvalue weighted by atomic mass is 9.33. The van der Waals surface area contributed by atoms with Crippen molar-refractivity contribution in [1.82, 2.24) is 0 Å². The van der Waals surface area contributed by atoms with Crippen LogP contribution in [0.3, 0.4) is 0 Å². The van der Waals surface area contributed by atoms with E-state index in [0.717, 1.165) is 66.7 Å². The van der Waals surface area contributed by atoms with Crippen LogP contribution >= 0.6 is 0 Å². The predicted molar refractivity (Wildman–Crippen MR) is 379 cm³/mol. The molecule has 11 aromatic carbocycles. The Bertz CT molecular complexity index is 4890. The summed E-state index contributed by atoms with van der Waals surface area (Å²) in [5, 5.41) is 2.18. The summed E-state index contributed by atoms with van der Waals surface area (Å²) in [6.07, 6.45) is 3.92. The van der Waals surface area contributed by atoms with E-state index in [1.807, 2.05) is 12.5 Å². The van der Waals surface area contributed by atoms with Gasteiger partial charge in [0.15, 0.2) is 0 Å². The fraction of sp³-hybridized carbons (Fsp3) is 0.176. The third-order valence-electron chi connectivity index (χ3n) is 20.7. The van der Waals surface area contributed by atoms with Crippen LogP contribution in [-0.2, 0) is 21.7 Å². The Morgan fingerprint density at radius 2 is 0.744 bits per heavy atom. The smallest absolute Gasteiger partial charge is 0.252 e. The zero-order valence-corrected chi connectivity index (χ0v) is 53.2. The van der Waals surface area contributed by atoms with Crippen LogP contribution in [-0.4, -0.2) is 6.71 Å². The van der Waals surface area contributed by atoms with E-state index < -0.39 is 0 Å². The molecule has 0 N–H and O–H groups in total. The Hall–Kier alpha value is -9.84. The van der Waals surface area contributed by atoms with E-state index in [2.05, 4.69) is 304 Å². The van der Waals surface area contributed by atoms with Crippen LogP contribution in [0.5, 0.6) is 0 Å². The second kappa shape index (κ2) is 19.1. The number of para-hydroxylation sites is 2. The molecular weight excluding hydrogens is 1090 g/mol. The second-order valence-corrected chi connectivity index (χ2v) is 29.1.